The largest absolute Gasteiger partial charge is 0.190 e. The fourth-order valence-corrected chi connectivity index (χ4v) is 0.143. The molecule has 0 aromatic rings. The van der Waals surface area contributed by atoms with Crippen LogP contribution in [0.1, 0.15) is 0 Å². The van der Waals surface area contributed by atoms with Gasteiger partial charge >= 0.3 is 0 Å². The standard InChI is InChI=1S/C2H4Cl2O3/c3-1-5-7-6-2-4/h1-2H2. The average Bonchev–Trinajstić information content (AvgIpc) is 1.69. The highest BCUT2D eigenvalue weighted by Crippen LogP contribution is 1.84. The third kappa shape index (κ3) is 6.46. The second-order valence-corrected chi connectivity index (χ2v) is 0.958. The van der Waals surface area contributed by atoms with E-state index in [4.69, 9.17) is 23.2 Å². The zero-order valence-electron chi connectivity index (χ0n) is 3.39. The predicted octanol–water partition coefficient (Wildman–Crippen LogP) is 1.26. The molecule has 7 heavy (non-hydrogen) atoms. The van der Waals surface area contributed by atoms with Crippen LogP contribution in [0.4, 0.5) is 0 Å². The molecule has 0 atom stereocenters. The van der Waals surface area contributed by atoms with Gasteiger partial charge in [-0.3, -0.25) is 0 Å². The van der Waals surface area contributed by atoms with Crippen LogP contribution < -0.4 is 0 Å². The van der Waals surface area contributed by atoms with E-state index in [1.54, 1.807) is 0 Å². The molecule has 0 bridgehead atoms. The van der Waals surface area contributed by atoms with Crippen molar-refractivity contribution in [2.45, 2.75) is 0 Å². The Morgan fingerprint density at radius 3 is 1.71 bits per heavy atom. The van der Waals surface area contributed by atoms with Gasteiger partial charge in [0.1, 0.15) is 0 Å². The SMILES string of the molecule is ClCOOOCCl. The Bertz CT molecular complexity index is 30.1. The molecule has 0 spiro atoms. The van der Waals surface area contributed by atoms with E-state index in [9.17, 15) is 0 Å². The van der Waals surface area contributed by atoms with Crippen LogP contribution in [0.3, 0.4) is 0 Å². The van der Waals surface area contributed by atoms with Crippen LogP contribution in [0.2, 0.25) is 0 Å². The van der Waals surface area contributed by atoms with Crippen LogP contribution in [0.5, 0.6) is 0 Å². The molecule has 44 valence electrons. The molecule has 0 aromatic heterocycles. The fraction of sp³-hybridized carbons (Fsp3) is 1.00. The van der Waals surface area contributed by atoms with E-state index in [1.165, 1.54) is 0 Å². The first-order valence-corrected chi connectivity index (χ1v) is 2.51. The number of hydrogen-bond acceptors (Lipinski definition) is 3. The molecular weight excluding hydrogens is 143 g/mol. The first kappa shape index (κ1) is 7.46. The molecule has 0 heterocycles. The third-order valence-electron chi connectivity index (χ3n) is 0.185. The van der Waals surface area contributed by atoms with Gasteiger partial charge in [-0.1, -0.05) is 28.2 Å². The van der Waals surface area contributed by atoms with Crippen molar-refractivity contribution in [1.29, 1.82) is 0 Å². The molecule has 3 nitrogen and oxygen atoms in total. The second kappa shape index (κ2) is 6.46. The predicted molar refractivity (Wildman–Crippen MR) is 24.7 cm³/mol. The smallest absolute Gasteiger partial charge is 0.159 e. The highest BCUT2D eigenvalue weighted by molar-refractivity contribution is 6.17. The Balaban J connectivity index is 2.45. The Kier molecular flexibility index (Phi) is 6.88. The summed E-state index contributed by atoms with van der Waals surface area (Å²) in [5.41, 5.74) is 0. The van der Waals surface area contributed by atoms with Gasteiger partial charge in [0.2, 0.25) is 0 Å². The lowest BCUT2D eigenvalue weighted by atomic mass is 11.7. The monoisotopic (exact) mass is 146 g/mol. The van der Waals surface area contributed by atoms with Crippen molar-refractivity contribution in [2.75, 3.05) is 12.1 Å². The molecule has 0 amide bonds. The summed E-state index contributed by atoms with van der Waals surface area (Å²) in [6, 6.07) is -0.145. The maximum Gasteiger partial charge on any atom is 0.159 e. The molecule has 5 heteroatoms. The molecule has 0 N–H and O–H groups in total. The minimum absolute atomic E-state index is 0.0725. The summed E-state index contributed by atoms with van der Waals surface area (Å²) in [5.74, 6) is 0. The summed E-state index contributed by atoms with van der Waals surface area (Å²) in [7, 11) is 0. The number of hydrogen-bond donors (Lipinski definition) is 0. The third-order valence-corrected chi connectivity index (χ3v) is 0.363. The summed E-state index contributed by atoms with van der Waals surface area (Å²) >= 11 is 9.93. The Morgan fingerprint density at radius 1 is 1.00 bits per heavy atom. The van der Waals surface area contributed by atoms with E-state index in [0.717, 1.165) is 0 Å². The molecule has 0 aliphatic carbocycles. The topological polar surface area (TPSA) is 27.7 Å². The Morgan fingerprint density at radius 2 is 1.43 bits per heavy atom. The average molecular weight is 147 g/mol. The quantitative estimate of drug-likeness (QED) is 0.259. The zero-order chi connectivity index (χ0) is 5.54. The van der Waals surface area contributed by atoms with Crippen molar-refractivity contribution in [1.82, 2.24) is 0 Å². The highest BCUT2D eigenvalue weighted by Gasteiger charge is 1.80. The van der Waals surface area contributed by atoms with Crippen molar-refractivity contribution >= 4 is 23.2 Å². The van der Waals surface area contributed by atoms with Crippen LogP contribution in [-0.2, 0) is 14.8 Å². The van der Waals surface area contributed by atoms with Crippen molar-refractivity contribution < 1.29 is 14.8 Å². The molecule has 0 aliphatic rings. The van der Waals surface area contributed by atoms with Gasteiger partial charge in [0.25, 0.3) is 0 Å². The number of alkyl halides is 2. The molecular formula is C2H4Cl2O3. The lowest BCUT2D eigenvalue weighted by Gasteiger charge is -1.92. The van der Waals surface area contributed by atoms with Gasteiger partial charge in [0.05, 0.1) is 0 Å². The van der Waals surface area contributed by atoms with E-state index in [1.807, 2.05) is 0 Å². The maximum absolute atomic E-state index is 4.97. The number of rotatable bonds is 4. The first-order chi connectivity index (χ1) is 3.41. The van der Waals surface area contributed by atoms with Gasteiger partial charge in [-0.25, -0.2) is 0 Å². The maximum atomic E-state index is 4.97. The normalized spacial score (nSPS) is 9.43. The number of halogens is 2. The van der Waals surface area contributed by atoms with E-state index >= 15 is 0 Å². The summed E-state index contributed by atoms with van der Waals surface area (Å²) in [6.07, 6.45) is 0. The first-order valence-electron chi connectivity index (χ1n) is 1.45. The Hall–Kier alpha value is 0.460. The van der Waals surface area contributed by atoms with Crippen molar-refractivity contribution in [3.8, 4) is 0 Å². The molecule has 0 saturated heterocycles. The van der Waals surface area contributed by atoms with Gasteiger partial charge < -0.3 is 0 Å². The van der Waals surface area contributed by atoms with Gasteiger partial charge in [-0.2, -0.15) is 9.78 Å². The molecule has 0 fully saturated rings. The van der Waals surface area contributed by atoms with Gasteiger partial charge in [0.15, 0.2) is 12.1 Å². The van der Waals surface area contributed by atoms with Crippen LogP contribution >= 0.6 is 23.2 Å². The van der Waals surface area contributed by atoms with E-state index in [-0.39, 0.29) is 12.1 Å². The van der Waals surface area contributed by atoms with Crippen LogP contribution in [0, 0.1) is 0 Å². The van der Waals surface area contributed by atoms with Crippen molar-refractivity contribution in [2.24, 2.45) is 0 Å². The fourth-order valence-electron chi connectivity index (χ4n) is 0.0704. The minimum atomic E-state index is -0.0725. The molecule has 0 saturated carbocycles. The van der Waals surface area contributed by atoms with E-state index in [2.05, 4.69) is 14.8 Å². The van der Waals surface area contributed by atoms with Gasteiger partial charge in [-0.15, -0.1) is 0 Å². The summed E-state index contributed by atoms with van der Waals surface area (Å²) in [5, 5.41) is 3.87. The van der Waals surface area contributed by atoms with Crippen LogP contribution in [0.25, 0.3) is 0 Å². The zero-order valence-corrected chi connectivity index (χ0v) is 4.91. The molecule has 0 radical (unpaired) electrons. The molecule has 0 aliphatic heterocycles. The Labute approximate surface area is 50.9 Å². The minimum Gasteiger partial charge on any atom is -0.190 e. The highest BCUT2D eigenvalue weighted by atomic mass is 35.5. The molecule has 0 aromatic carbocycles. The van der Waals surface area contributed by atoms with Gasteiger partial charge in [-0.05, 0) is 0 Å². The van der Waals surface area contributed by atoms with Crippen molar-refractivity contribution in [3.63, 3.8) is 0 Å². The molecule has 0 rings (SSSR count). The lowest BCUT2D eigenvalue weighted by molar-refractivity contribution is -0.499. The van der Waals surface area contributed by atoms with E-state index < -0.39 is 0 Å². The second-order valence-electron chi connectivity index (χ2n) is 0.522. The van der Waals surface area contributed by atoms with Gasteiger partial charge in [0, 0.05) is 0 Å². The summed E-state index contributed by atoms with van der Waals surface area (Å²) in [4.78, 5) is 8.07. The van der Waals surface area contributed by atoms with E-state index in [0.29, 0.717) is 0 Å². The van der Waals surface area contributed by atoms with Crippen LogP contribution in [-0.4, -0.2) is 12.1 Å². The molecule has 0 unspecified atom stereocenters. The summed E-state index contributed by atoms with van der Waals surface area (Å²) < 4.78 is 0. The lowest BCUT2D eigenvalue weighted by Crippen LogP contribution is -1.91. The summed E-state index contributed by atoms with van der Waals surface area (Å²) in [6.45, 7) is 0. The van der Waals surface area contributed by atoms with Crippen LogP contribution in [0.15, 0.2) is 0 Å². The van der Waals surface area contributed by atoms with Crippen molar-refractivity contribution in [3.05, 3.63) is 0 Å².